The van der Waals surface area contributed by atoms with E-state index in [2.05, 4.69) is 13.8 Å². The monoisotopic (exact) mass is 303 g/mol. The van der Waals surface area contributed by atoms with Crippen molar-refractivity contribution in [1.29, 1.82) is 0 Å². The summed E-state index contributed by atoms with van der Waals surface area (Å²) >= 11 is 0. The van der Waals surface area contributed by atoms with Crippen molar-refractivity contribution in [2.24, 2.45) is 11.8 Å². The summed E-state index contributed by atoms with van der Waals surface area (Å²) in [6.45, 7) is 5.01. The highest BCUT2D eigenvalue weighted by Gasteiger charge is 2.57. The molecule has 120 valence electrons. The van der Waals surface area contributed by atoms with Gasteiger partial charge in [0.1, 0.15) is 6.61 Å². The maximum Gasteiger partial charge on any atom is 0.410 e. The normalized spacial score (nSPS) is 28.2. The molecular formula is C18H25NO3. The summed E-state index contributed by atoms with van der Waals surface area (Å²) in [5.74, 6) is 0.573. The predicted molar refractivity (Wildman–Crippen MR) is 84.2 cm³/mol. The Kier molecular flexibility index (Phi) is 4.13. The summed E-state index contributed by atoms with van der Waals surface area (Å²) < 4.78 is 5.46. The van der Waals surface area contributed by atoms with E-state index in [1.807, 2.05) is 30.3 Å². The number of carbonyl (C=O) groups is 1. The highest BCUT2D eigenvalue weighted by molar-refractivity contribution is 5.69. The smallest absolute Gasteiger partial charge is 0.410 e. The molecule has 1 heterocycles. The van der Waals surface area contributed by atoms with Crippen molar-refractivity contribution in [3.8, 4) is 0 Å². The molecule has 0 radical (unpaired) electrons. The van der Waals surface area contributed by atoms with Crippen LogP contribution in [0, 0.1) is 11.8 Å². The van der Waals surface area contributed by atoms with Crippen molar-refractivity contribution in [1.82, 2.24) is 4.90 Å². The topological polar surface area (TPSA) is 49.8 Å². The average molecular weight is 303 g/mol. The van der Waals surface area contributed by atoms with Crippen molar-refractivity contribution in [2.45, 2.75) is 51.4 Å². The second-order valence-corrected chi connectivity index (χ2v) is 6.94. The molecule has 0 aromatic heterocycles. The molecule has 1 N–H and O–H groups in total. The second kappa shape index (κ2) is 5.92. The number of nitrogens with zero attached hydrogens (tertiary/aromatic N) is 1. The second-order valence-electron chi connectivity index (χ2n) is 6.94. The zero-order valence-corrected chi connectivity index (χ0v) is 13.4. The zero-order valence-electron chi connectivity index (χ0n) is 13.4. The van der Waals surface area contributed by atoms with Crippen LogP contribution in [0.15, 0.2) is 30.3 Å². The summed E-state index contributed by atoms with van der Waals surface area (Å²) in [6, 6.07) is 9.55. The van der Waals surface area contributed by atoms with Gasteiger partial charge in [-0.1, -0.05) is 44.2 Å². The first kappa shape index (κ1) is 15.3. The lowest BCUT2D eigenvalue weighted by Crippen LogP contribution is -2.51. The number of benzene rings is 1. The zero-order chi connectivity index (χ0) is 15.7. The minimum atomic E-state index is -0.722. The molecule has 4 heteroatoms. The maximum absolute atomic E-state index is 12.5. The van der Waals surface area contributed by atoms with Crippen molar-refractivity contribution in [2.75, 3.05) is 6.54 Å². The van der Waals surface area contributed by atoms with Gasteiger partial charge >= 0.3 is 6.09 Å². The molecule has 1 saturated heterocycles. The Hall–Kier alpha value is -1.55. The molecule has 1 aliphatic heterocycles. The molecule has 1 amide bonds. The fraction of sp³-hybridized carbons (Fsp3) is 0.611. The van der Waals surface area contributed by atoms with Crippen molar-refractivity contribution in [3.05, 3.63) is 35.9 Å². The molecule has 1 saturated carbocycles. The van der Waals surface area contributed by atoms with Gasteiger partial charge in [-0.2, -0.15) is 0 Å². The van der Waals surface area contributed by atoms with E-state index in [4.69, 9.17) is 4.74 Å². The largest absolute Gasteiger partial charge is 0.445 e. The Balaban J connectivity index is 1.66. The highest BCUT2D eigenvalue weighted by Crippen LogP contribution is 2.49. The first-order valence-electron chi connectivity index (χ1n) is 8.22. The molecular weight excluding hydrogens is 278 g/mol. The quantitative estimate of drug-likeness (QED) is 0.929. The molecule has 3 rings (SSSR count). The van der Waals surface area contributed by atoms with Gasteiger partial charge in [-0.25, -0.2) is 4.79 Å². The standard InChI is InChI=1S/C18H25NO3/c1-13(2)16-18(21,15-8-9-15)10-11-19(16)17(20)22-12-14-6-4-3-5-7-14/h3-7,13,15-16,21H,8-12H2,1-2H3/t16-,18-/m0/s1. The molecule has 1 aromatic rings. The molecule has 2 aliphatic rings. The first-order valence-corrected chi connectivity index (χ1v) is 8.22. The lowest BCUT2D eigenvalue weighted by atomic mass is 9.83. The summed E-state index contributed by atoms with van der Waals surface area (Å²) in [4.78, 5) is 14.2. The van der Waals surface area contributed by atoms with Gasteiger partial charge in [0.15, 0.2) is 0 Å². The van der Waals surface area contributed by atoms with E-state index in [0.29, 0.717) is 18.9 Å². The number of rotatable bonds is 4. The van der Waals surface area contributed by atoms with Crippen LogP contribution in [0.5, 0.6) is 0 Å². The van der Waals surface area contributed by atoms with Crippen molar-refractivity contribution >= 4 is 6.09 Å². The number of amides is 1. The first-order chi connectivity index (χ1) is 10.5. The lowest BCUT2D eigenvalue weighted by Gasteiger charge is -2.36. The molecule has 4 nitrogen and oxygen atoms in total. The van der Waals surface area contributed by atoms with Gasteiger partial charge in [0, 0.05) is 6.54 Å². The van der Waals surface area contributed by atoms with E-state index in [1.165, 1.54) is 0 Å². The third-order valence-corrected chi connectivity index (χ3v) is 4.96. The van der Waals surface area contributed by atoms with Crippen LogP contribution in [-0.2, 0) is 11.3 Å². The van der Waals surface area contributed by atoms with Gasteiger partial charge < -0.3 is 14.7 Å². The van der Waals surface area contributed by atoms with E-state index in [1.54, 1.807) is 4.90 Å². The molecule has 0 bridgehead atoms. The van der Waals surface area contributed by atoms with Crippen LogP contribution < -0.4 is 0 Å². The number of carbonyl (C=O) groups excluding carboxylic acids is 1. The summed E-state index contributed by atoms with van der Waals surface area (Å²) in [7, 11) is 0. The van der Waals surface area contributed by atoms with Gasteiger partial charge in [0.2, 0.25) is 0 Å². The number of ether oxygens (including phenoxy) is 1. The van der Waals surface area contributed by atoms with Gasteiger partial charge in [-0.15, -0.1) is 0 Å². The average Bonchev–Trinajstić information content (AvgIpc) is 3.30. The fourth-order valence-corrected chi connectivity index (χ4v) is 3.83. The molecule has 2 fully saturated rings. The fourth-order valence-electron chi connectivity index (χ4n) is 3.83. The molecule has 1 aliphatic carbocycles. The van der Waals surface area contributed by atoms with E-state index in [-0.39, 0.29) is 24.7 Å². The minimum Gasteiger partial charge on any atom is -0.445 e. The van der Waals surface area contributed by atoms with Crippen LogP contribution in [0.4, 0.5) is 4.79 Å². The van der Waals surface area contributed by atoms with Gasteiger partial charge in [0.25, 0.3) is 0 Å². The van der Waals surface area contributed by atoms with Crippen LogP contribution in [0.2, 0.25) is 0 Å². The molecule has 2 atom stereocenters. The van der Waals surface area contributed by atoms with Gasteiger partial charge in [-0.05, 0) is 36.7 Å². The number of likely N-dealkylation sites (tertiary alicyclic amines) is 1. The third-order valence-electron chi connectivity index (χ3n) is 4.96. The van der Waals surface area contributed by atoms with E-state index in [0.717, 1.165) is 18.4 Å². The van der Waals surface area contributed by atoms with E-state index >= 15 is 0 Å². The summed E-state index contributed by atoms with van der Waals surface area (Å²) in [5.41, 5.74) is 0.258. The Labute approximate surface area is 132 Å². The van der Waals surface area contributed by atoms with Crippen LogP contribution in [-0.4, -0.2) is 34.3 Å². The predicted octanol–water partition coefficient (Wildman–Crippen LogP) is 3.19. The minimum absolute atomic E-state index is 0.136. The van der Waals surface area contributed by atoms with Crippen LogP contribution in [0.1, 0.15) is 38.7 Å². The van der Waals surface area contributed by atoms with E-state index in [9.17, 15) is 9.90 Å². The Morgan fingerprint density at radius 3 is 2.64 bits per heavy atom. The van der Waals surface area contributed by atoms with Crippen LogP contribution in [0.25, 0.3) is 0 Å². The van der Waals surface area contributed by atoms with Gasteiger partial charge in [-0.3, -0.25) is 0 Å². The molecule has 0 spiro atoms. The SMILES string of the molecule is CC(C)[C@@H]1N(C(=O)OCc2ccccc2)CC[C@]1(O)C1CC1. The van der Waals surface area contributed by atoms with Crippen LogP contribution in [0.3, 0.4) is 0 Å². The molecule has 0 unspecified atom stereocenters. The maximum atomic E-state index is 12.5. The van der Waals surface area contributed by atoms with E-state index < -0.39 is 5.60 Å². The van der Waals surface area contributed by atoms with Crippen LogP contribution >= 0.6 is 0 Å². The lowest BCUT2D eigenvalue weighted by molar-refractivity contribution is -0.0332. The Morgan fingerprint density at radius 1 is 1.36 bits per heavy atom. The summed E-state index contributed by atoms with van der Waals surface area (Å²) in [6.07, 6.45) is 2.51. The third kappa shape index (κ3) is 2.84. The summed E-state index contributed by atoms with van der Waals surface area (Å²) in [5, 5.41) is 11.0. The Bertz CT molecular complexity index is 526. The molecule has 22 heavy (non-hydrogen) atoms. The van der Waals surface area contributed by atoms with Gasteiger partial charge in [0.05, 0.1) is 11.6 Å². The Morgan fingerprint density at radius 2 is 2.05 bits per heavy atom. The van der Waals surface area contributed by atoms with Crippen molar-refractivity contribution < 1.29 is 14.6 Å². The highest BCUT2D eigenvalue weighted by atomic mass is 16.6. The van der Waals surface area contributed by atoms with Crippen molar-refractivity contribution in [3.63, 3.8) is 0 Å². The molecule has 1 aromatic carbocycles. The number of hydrogen-bond acceptors (Lipinski definition) is 3. The number of aliphatic hydroxyl groups is 1. The number of hydrogen-bond donors (Lipinski definition) is 1.